The van der Waals surface area contributed by atoms with Crippen molar-refractivity contribution in [2.45, 2.75) is 57.5 Å². The zero-order valence-electron chi connectivity index (χ0n) is 21.6. The summed E-state index contributed by atoms with van der Waals surface area (Å²) in [6.45, 7) is 2.95. The summed E-state index contributed by atoms with van der Waals surface area (Å²) in [7, 11) is 1.63. The molecule has 8 heteroatoms. The molecule has 3 heterocycles. The number of ether oxygens (including phenoxy) is 1. The van der Waals surface area contributed by atoms with Gasteiger partial charge in [-0.05, 0) is 99.3 Å². The van der Waals surface area contributed by atoms with Gasteiger partial charge in [-0.2, -0.15) is 0 Å². The molecule has 8 nitrogen and oxygen atoms in total. The van der Waals surface area contributed by atoms with Crippen molar-refractivity contribution >= 4 is 16.9 Å². The van der Waals surface area contributed by atoms with Crippen LogP contribution in [0.15, 0.2) is 48.9 Å². The molecule has 198 valence electrons. The number of likely N-dealkylation sites (tertiary alicyclic amines) is 1. The molecule has 2 aromatic heterocycles. The van der Waals surface area contributed by atoms with E-state index in [1.54, 1.807) is 25.7 Å². The second kappa shape index (κ2) is 13.4. The van der Waals surface area contributed by atoms with Gasteiger partial charge >= 0.3 is 5.97 Å². The SMILES string of the molecule is COc1ccc2nccc(C(O)CC[C@@H]3CCN(CCCCc4ncccn4)C[C@@H]3CCC(=O)O)c2c1. The third-order valence-corrected chi connectivity index (χ3v) is 7.60. The van der Waals surface area contributed by atoms with Crippen molar-refractivity contribution in [3.8, 4) is 5.75 Å². The molecular formula is C29H38N4O4. The van der Waals surface area contributed by atoms with Gasteiger partial charge in [0.05, 0.1) is 18.7 Å². The van der Waals surface area contributed by atoms with Crippen LogP contribution in [0.1, 0.15) is 62.4 Å². The van der Waals surface area contributed by atoms with Crippen LogP contribution >= 0.6 is 0 Å². The summed E-state index contributed by atoms with van der Waals surface area (Å²) in [4.78, 5) is 26.8. The first kappa shape index (κ1) is 26.9. The van der Waals surface area contributed by atoms with E-state index in [4.69, 9.17) is 4.74 Å². The Bertz CT molecular complexity index is 1140. The highest BCUT2D eigenvalue weighted by atomic mass is 16.5. The largest absolute Gasteiger partial charge is 0.497 e. The maximum Gasteiger partial charge on any atom is 0.303 e. The average Bonchev–Trinajstić information content (AvgIpc) is 2.93. The molecule has 3 aromatic rings. The number of carboxylic acid groups (broad SMARTS) is 1. The van der Waals surface area contributed by atoms with Gasteiger partial charge in [0.2, 0.25) is 0 Å². The zero-order valence-corrected chi connectivity index (χ0v) is 21.6. The molecule has 1 aromatic carbocycles. The van der Waals surface area contributed by atoms with E-state index in [9.17, 15) is 15.0 Å². The number of unbranched alkanes of at least 4 members (excludes halogenated alkanes) is 1. The second-order valence-corrected chi connectivity index (χ2v) is 10.0. The highest BCUT2D eigenvalue weighted by Gasteiger charge is 2.30. The van der Waals surface area contributed by atoms with Gasteiger partial charge in [0.25, 0.3) is 0 Å². The van der Waals surface area contributed by atoms with Crippen LogP contribution in [-0.4, -0.2) is 62.8 Å². The standard InChI is InChI=1S/C29H38N4O4/c1-37-23-8-9-26-25(19-23)24(12-16-30-26)27(34)10-6-21-13-18-33(20-22(21)7-11-29(35)36)17-3-2-5-28-31-14-4-15-32-28/h4,8-9,12,14-16,19,21-22,27,34H,2-3,5-7,10-11,13,17-18,20H2,1H3,(H,35,36)/t21-,22+,27?/m1/s1. The first-order valence-electron chi connectivity index (χ1n) is 13.3. The van der Waals surface area contributed by atoms with E-state index in [1.165, 1.54) is 0 Å². The molecule has 37 heavy (non-hydrogen) atoms. The third-order valence-electron chi connectivity index (χ3n) is 7.60. The molecule has 2 N–H and O–H groups in total. The number of nitrogens with zero attached hydrogens (tertiary/aromatic N) is 4. The number of hydrogen-bond acceptors (Lipinski definition) is 7. The number of fused-ring (bicyclic) bond motifs is 1. The topological polar surface area (TPSA) is 109 Å². The lowest BCUT2D eigenvalue weighted by Crippen LogP contribution is -2.41. The van der Waals surface area contributed by atoms with E-state index >= 15 is 0 Å². The van der Waals surface area contributed by atoms with Crippen LogP contribution in [0.3, 0.4) is 0 Å². The number of benzene rings is 1. The Kier molecular flexibility index (Phi) is 9.79. The fraction of sp³-hybridized carbons (Fsp3) is 0.517. The predicted molar refractivity (Wildman–Crippen MR) is 142 cm³/mol. The summed E-state index contributed by atoms with van der Waals surface area (Å²) in [6, 6.07) is 9.44. The maximum absolute atomic E-state index is 11.3. The summed E-state index contributed by atoms with van der Waals surface area (Å²) in [5, 5.41) is 21.3. The molecule has 3 atom stereocenters. The van der Waals surface area contributed by atoms with Gasteiger partial charge in [-0.1, -0.05) is 0 Å². The zero-order chi connectivity index (χ0) is 26.0. The third kappa shape index (κ3) is 7.69. The molecule has 0 radical (unpaired) electrons. The van der Waals surface area contributed by atoms with Crippen LogP contribution < -0.4 is 4.74 Å². The number of methoxy groups -OCH3 is 1. The molecular weight excluding hydrogens is 468 g/mol. The lowest BCUT2D eigenvalue weighted by Gasteiger charge is -2.39. The van der Waals surface area contributed by atoms with Crippen LogP contribution in [0.25, 0.3) is 10.9 Å². The maximum atomic E-state index is 11.3. The average molecular weight is 507 g/mol. The van der Waals surface area contributed by atoms with Crippen molar-refractivity contribution in [2.24, 2.45) is 11.8 Å². The Labute approximate surface area is 218 Å². The lowest BCUT2D eigenvalue weighted by atomic mass is 9.79. The molecule has 1 unspecified atom stereocenters. The van der Waals surface area contributed by atoms with E-state index < -0.39 is 12.1 Å². The summed E-state index contributed by atoms with van der Waals surface area (Å²) >= 11 is 0. The van der Waals surface area contributed by atoms with E-state index in [1.807, 2.05) is 30.3 Å². The number of aryl methyl sites for hydroxylation is 1. The number of aliphatic hydroxyl groups is 1. The quantitative estimate of drug-likeness (QED) is 0.322. The van der Waals surface area contributed by atoms with Crippen LogP contribution in [0.2, 0.25) is 0 Å². The molecule has 1 fully saturated rings. The minimum absolute atomic E-state index is 0.192. The van der Waals surface area contributed by atoms with Crippen molar-refractivity contribution in [3.63, 3.8) is 0 Å². The number of carboxylic acids is 1. The molecule has 0 bridgehead atoms. The Balaban J connectivity index is 1.32. The van der Waals surface area contributed by atoms with Gasteiger partial charge in [0, 0.05) is 43.4 Å². The van der Waals surface area contributed by atoms with Crippen LogP contribution in [-0.2, 0) is 11.2 Å². The highest BCUT2D eigenvalue weighted by Crippen LogP contribution is 2.35. The molecule has 4 rings (SSSR count). The molecule has 0 spiro atoms. The fourth-order valence-electron chi connectivity index (χ4n) is 5.54. The van der Waals surface area contributed by atoms with Crippen molar-refractivity contribution in [3.05, 3.63) is 60.3 Å². The van der Waals surface area contributed by atoms with E-state index in [0.717, 1.165) is 79.8 Å². The van der Waals surface area contributed by atoms with Crippen LogP contribution in [0.5, 0.6) is 5.75 Å². The number of aliphatic hydroxyl groups excluding tert-OH is 1. The van der Waals surface area contributed by atoms with Crippen molar-refractivity contribution in [1.29, 1.82) is 0 Å². The lowest BCUT2D eigenvalue weighted by molar-refractivity contribution is -0.137. The van der Waals surface area contributed by atoms with Gasteiger partial charge < -0.3 is 19.8 Å². The van der Waals surface area contributed by atoms with Gasteiger partial charge in [0.15, 0.2) is 0 Å². The fourth-order valence-corrected chi connectivity index (χ4v) is 5.54. The molecule has 0 saturated carbocycles. The Morgan fingerprint density at radius 2 is 1.95 bits per heavy atom. The number of piperidine rings is 1. The minimum atomic E-state index is -0.740. The smallest absolute Gasteiger partial charge is 0.303 e. The number of rotatable bonds is 13. The molecule has 1 saturated heterocycles. The Morgan fingerprint density at radius 3 is 2.73 bits per heavy atom. The van der Waals surface area contributed by atoms with Gasteiger partial charge in [-0.15, -0.1) is 0 Å². The van der Waals surface area contributed by atoms with E-state index in [0.29, 0.717) is 24.7 Å². The number of aliphatic carboxylic acids is 1. The summed E-state index contributed by atoms with van der Waals surface area (Å²) in [6.07, 6.45) is 11.1. The Morgan fingerprint density at radius 1 is 1.11 bits per heavy atom. The molecule has 0 aliphatic carbocycles. The van der Waals surface area contributed by atoms with Crippen molar-refractivity contribution in [1.82, 2.24) is 19.9 Å². The summed E-state index contributed by atoms with van der Waals surface area (Å²) < 4.78 is 5.37. The normalized spacial score (nSPS) is 19.1. The van der Waals surface area contributed by atoms with Gasteiger partial charge in [0.1, 0.15) is 11.6 Å². The summed E-state index contributed by atoms with van der Waals surface area (Å²) in [5.74, 6) is 1.62. The van der Waals surface area contributed by atoms with Crippen molar-refractivity contribution < 1.29 is 19.7 Å². The number of carbonyl (C=O) groups is 1. The monoisotopic (exact) mass is 506 g/mol. The van der Waals surface area contributed by atoms with E-state index in [2.05, 4.69) is 19.9 Å². The van der Waals surface area contributed by atoms with Crippen LogP contribution in [0, 0.1) is 11.8 Å². The van der Waals surface area contributed by atoms with E-state index in [-0.39, 0.29) is 6.42 Å². The minimum Gasteiger partial charge on any atom is -0.497 e. The molecule has 1 aliphatic rings. The summed E-state index contributed by atoms with van der Waals surface area (Å²) in [5.41, 5.74) is 1.70. The van der Waals surface area contributed by atoms with Gasteiger partial charge in [-0.25, -0.2) is 9.97 Å². The number of hydrogen-bond donors (Lipinski definition) is 2. The number of pyridine rings is 1. The Hall–Kier alpha value is -3.10. The first-order chi connectivity index (χ1) is 18.0. The molecule has 1 aliphatic heterocycles. The van der Waals surface area contributed by atoms with Crippen LogP contribution in [0.4, 0.5) is 0 Å². The highest BCUT2D eigenvalue weighted by molar-refractivity contribution is 5.83. The second-order valence-electron chi connectivity index (χ2n) is 10.0. The predicted octanol–water partition coefficient (Wildman–Crippen LogP) is 4.67. The number of aromatic nitrogens is 3. The molecule has 0 amide bonds. The van der Waals surface area contributed by atoms with Gasteiger partial charge in [-0.3, -0.25) is 9.78 Å². The van der Waals surface area contributed by atoms with Crippen molar-refractivity contribution in [2.75, 3.05) is 26.7 Å². The first-order valence-corrected chi connectivity index (χ1v) is 13.3.